The zero-order valence-corrected chi connectivity index (χ0v) is 17.5. The van der Waals surface area contributed by atoms with Crippen molar-refractivity contribution >= 4 is 17.1 Å². The van der Waals surface area contributed by atoms with Crippen LogP contribution < -0.4 is 4.74 Å². The minimum atomic E-state index is 0.154. The van der Waals surface area contributed by atoms with Crippen LogP contribution >= 0.6 is 0 Å². The van der Waals surface area contributed by atoms with E-state index in [-0.39, 0.29) is 11.9 Å². The molecule has 1 aliphatic carbocycles. The summed E-state index contributed by atoms with van der Waals surface area (Å²) in [5.41, 5.74) is 2.87. The van der Waals surface area contributed by atoms with Gasteiger partial charge in [-0.15, -0.1) is 0 Å². The SMILES string of the molecule is COc1ccccc1CC(=O)N1CCC(n2c(C3CCCC3)nc3cccnc32)C1. The van der Waals surface area contributed by atoms with Crippen molar-refractivity contribution in [3.05, 3.63) is 54.0 Å². The molecular weight excluding hydrogens is 376 g/mol. The third kappa shape index (κ3) is 3.44. The number of carbonyl (C=O) groups is 1. The minimum Gasteiger partial charge on any atom is -0.496 e. The van der Waals surface area contributed by atoms with Gasteiger partial charge in [-0.2, -0.15) is 0 Å². The lowest BCUT2D eigenvalue weighted by Gasteiger charge is -2.21. The predicted octanol–water partition coefficient (Wildman–Crippen LogP) is 4.11. The fourth-order valence-electron chi connectivity index (χ4n) is 5.08. The van der Waals surface area contributed by atoms with Crippen LogP contribution in [-0.2, 0) is 11.2 Å². The maximum absolute atomic E-state index is 13.0. The first-order chi connectivity index (χ1) is 14.7. The van der Waals surface area contributed by atoms with Crippen molar-refractivity contribution in [2.24, 2.45) is 0 Å². The van der Waals surface area contributed by atoms with Crippen LogP contribution in [0, 0.1) is 0 Å². The van der Waals surface area contributed by atoms with E-state index in [9.17, 15) is 4.79 Å². The summed E-state index contributed by atoms with van der Waals surface area (Å²) < 4.78 is 7.77. The van der Waals surface area contributed by atoms with Crippen molar-refractivity contribution < 1.29 is 9.53 Å². The van der Waals surface area contributed by atoms with Crippen LogP contribution in [0.5, 0.6) is 5.75 Å². The summed E-state index contributed by atoms with van der Waals surface area (Å²) in [6, 6.07) is 12.0. The normalized spacial score (nSPS) is 19.6. The second-order valence-corrected chi connectivity index (χ2v) is 8.44. The molecule has 1 saturated carbocycles. The number of imidazole rings is 1. The van der Waals surface area contributed by atoms with E-state index in [4.69, 9.17) is 9.72 Å². The maximum Gasteiger partial charge on any atom is 0.227 e. The largest absolute Gasteiger partial charge is 0.496 e. The average molecular weight is 405 g/mol. The summed E-state index contributed by atoms with van der Waals surface area (Å²) in [4.78, 5) is 24.7. The van der Waals surface area contributed by atoms with Crippen LogP contribution in [0.1, 0.15) is 55.5 Å². The number of hydrogen-bond donors (Lipinski definition) is 0. The van der Waals surface area contributed by atoms with E-state index in [1.807, 2.05) is 41.4 Å². The van der Waals surface area contributed by atoms with Gasteiger partial charge >= 0.3 is 0 Å². The molecule has 1 aromatic carbocycles. The number of likely N-dealkylation sites (tertiary alicyclic amines) is 1. The van der Waals surface area contributed by atoms with E-state index >= 15 is 0 Å². The first kappa shape index (κ1) is 19.1. The molecule has 1 atom stereocenters. The summed E-state index contributed by atoms with van der Waals surface area (Å²) in [5.74, 6) is 2.61. The number of aromatic nitrogens is 3. The molecule has 3 heterocycles. The van der Waals surface area contributed by atoms with Gasteiger partial charge in [0, 0.05) is 30.8 Å². The van der Waals surface area contributed by atoms with Crippen molar-refractivity contribution in [3.8, 4) is 5.75 Å². The molecule has 6 heteroatoms. The Kier molecular flexibility index (Phi) is 5.15. The molecule has 2 aliphatic rings. The molecule has 2 fully saturated rings. The van der Waals surface area contributed by atoms with E-state index < -0.39 is 0 Å². The van der Waals surface area contributed by atoms with Crippen molar-refractivity contribution in [1.29, 1.82) is 0 Å². The molecule has 1 aliphatic heterocycles. The van der Waals surface area contributed by atoms with Crippen molar-refractivity contribution in [3.63, 3.8) is 0 Å². The van der Waals surface area contributed by atoms with Crippen LogP contribution in [-0.4, -0.2) is 45.5 Å². The quantitative estimate of drug-likeness (QED) is 0.642. The number of benzene rings is 1. The molecule has 3 aromatic rings. The molecule has 30 heavy (non-hydrogen) atoms. The van der Waals surface area contributed by atoms with Gasteiger partial charge in [-0.05, 0) is 37.5 Å². The number of methoxy groups -OCH3 is 1. The lowest BCUT2D eigenvalue weighted by Crippen LogP contribution is -2.30. The smallest absolute Gasteiger partial charge is 0.227 e. The summed E-state index contributed by atoms with van der Waals surface area (Å²) >= 11 is 0. The Morgan fingerprint density at radius 1 is 1.13 bits per heavy atom. The number of rotatable bonds is 5. The zero-order chi connectivity index (χ0) is 20.5. The Morgan fingerprint density at radius 3 is 2.80 bits per heavy atom. The molecule has 1 amide bonds. The molecule has 6 nitrogen and oxygen atoms in total. The highest BCUT2D eigenvalue weighted by Crippen LogP contribution is 2.38. The highest BCUT2D eigenvalue weighted by molar-refractivity contribution is 5.80. The molecule has 2 aromatic heterocycles. The third-order valence-corrected chi connectivity index (χ3v) is 6.61. The van der Waals surface area contributed by atoms with Gasteiger partial charge < -0.3 is 14.2 Å². The van der Waals surface area contributed by atoms with E-state index in [2.05, 4.69) is 15.6 Å². The fraction of sp³-hybridized carbons (Fsp3) is 0.458. The molecule has 156 valence electrons. The molecule has 5 rings (SSSR count). The minimum absolute atomic E-state index is 0.154. The van der Waals surface area contributed by atoms with Gasteiger partial charge in [0.25, 0.3) is 0 Å². The topological polar surface area (TPSA) is 60.2 Å². The van der Waals surface area contributed by atoms with Crippen LogP contribution in [0.4, 0.5) is 0 Å². The Balaban J connectivity index is 1.38. The second kappa shape index (κ2) is 8.09. The number of para-hydroxylation sites is 1. The van der Waals surface area contributed by atoms with Gasteiger partial charge in [-0.25, -0.2) is 9.97 Å². The van der Waals surface area contributed by atoms with E-state index in [1.54, 1.807) is 7.11 Å². The van der Waals surface area contributed by atoms with Crippen LogP contribution in [0.15, 0.2) is 42.6 Å². The summed E-state index contributed by atoms with van der Waals surface area (Å²) in [6.07, 6.45) is 8.11. The summed E-state index contributed by atoms with van der Waals surface area (Å²) in [5, 5.41) is 0. The molecule has 0 N–H and O–H groups in total. The standard InChI is InChI=1S/C24H28N4O2/c1-30-21-11-5-4-9-18(21)15-22(29)27-14-12-19(16-27)28-23(17-7-2-3-8-17)26-20-10-6-13-25-24(20)28/h4-6,9-11,13,17,19H,2-3,7-8,12,14-16H2,1H3. The zero-order valence-electron chi connectivity index (χ0n) is 17.5. The Labute approximate surface area is 176 Å². The van der Waals surface area contributed by atoms with Crippen molar-refractivity contribution in [2.45, 2.75) is 50.5 Å². The molecular formula is C24H28N4O2. The van der Waals surface area contributed by atoms with Crippen molar-refractivity contribution in [2.75, 3.05) is 20.2 Å². The monoisotopic (exact) mass is 404 g/mol. The number of carbonyl (C=O) groups excluding carboxylic acids is 1. The van der Waals surface area contributed by atoms with Crippen molar-refractivity contribution in [1.82, 2.24) is 19.4 Å². The Bertz CT molecular complexity index is 1050. The van der Waals surface area contributed by atoms with Crippen LogP contribution in [0.2, 0.25) is 0 Å². The number of pyridine rings is 1. The highest BCUT2D eigenvalue weighted by atomic mass is 16.5. The number of fused-ring (bicyclic) bond motifs is 1. The highest BCUT2D eigenvalue weighted by Gasteiger charge is 2.33. The van der Waals surface area contributed by atoms with E-state index in [1.165, 1.54) is 31.5 Å². The van der Waals surface area contributed by atoms with Gasteiger partial charge in [-0.3, -0.25) is 4.79 Å². The van der Waals surface area contributed by atoms with Gasteiger partial charge in [-0.1, -0.05) is 31.0 Å². The number of amides is 1. The summed E-state index contributed by atoms with van der Waals surface area (Å²) in [7, 11) is 1.65. The Hall–Kier alpha value is -2.89. The van der Waals surface area contributed by atoms with Gasteiger partial charge in [0.15, 0.2) is 5.65 Å². The molecule has 0 spiro atoms. The van der Waals surface area contributed by atoms with Gasteiger partial charge in [0.1, 0.15) is 17.1 Å². The Morgan fingerprint density at radius 2 is 1.97 bits per heavy atom. The third-order valence-electron chi connectivity index (χ3n) is 6.61. The average Bonchev–Trinajstić information content (AvgIpc) is 3.52. The number of nitrogens with zero attached hydrogens (tertiary/aromatic N) is 4. The molecule has 0 radical (unpaired) electrons. The van der Waals surface area contributed by atoms with Gasteiger partial charge in [0.2, 0.25) is 5.91 Å². The number of hydrogen-bond acceptors (Lipinski definition) is 4. The van der Waals surface area contributed by atoms with Gasteiger partial charge in [0.05, 0.1) is 19.6 Å². The van der Waals surface area contributed by atoms with E-state index in [0.717, 1.165) is 42.0 Å². The predicted molar refractivity (Wildman–Crippen MR) is 116 cm³/mol. The first-order valence-electron chi connectivity index (χ1n) is 11.0. The molecule has 1 unspecified atom stereocenters. The molecule has 0 bridgehead atoms. The molecule has 1 saturated heterocycles. The number of ether oxygens (including phenoxy) is 1. The van der Waals surface area contributed by atoms with Crippen LogP contribution in [0.25, 0.3) is 11.2 Å². The van der Waals surface area contributed by atoms with Crippen LogP contribution in [0.3, 0.4) is 0 Å². The van der Waals surface area contributed by atoms with E-state index in [0.29, 0.717) is 12.3 Å². The fourth-order valence-corrected chi connectivity index (χ4v) is 5.08. The summed E-state index contributed by atoms with van der Waals surface area (Å²) in [6.45, 7) is 1.49. The lowest BCUT2D eigenvalue weighted by molar-refractivity contribution is -0.129. The first-order valence-corrected chi connectivity index (χ1v) is 11.0. The lowest BCUT2D eigenvalue weighted by atomic mass is 10.1. The second-order valence-electron chi connectivity index (χ2n) is 8.44. The maximum atomic E-state index is 13.0.